The summed E-state index contributed by atoms with van der Waals surface area (Å²) in [5.74, 6) is 0.777. The van der Waals surface area contributed by atoms with Gasteiger partial charge in [0, 0.05) is 44.6 Å². The molecule has 0 aliphatic heterocycles. The number of hydrogen-bond donors (Lipinski definition) is 2. The average molecular weight is 488 g/mol. The van der Waals surface area contributed by atoms with E-state index in [4.69, 9.17) is 9.72 Å². The monoisotopic (exact) mass is 488 g/mol. The molecule has 0 bridgehead atoms. The van der Waals surface area contributed by atoms with Crippen molar-refractivity contribution in [3.8, 4) is 10.6 Å². The number of ether oxygens (including phenoxy) is 1. The Kier molecular flexibility index (Phi) is 9.52. The molecular weight excluding hydrogens is 459 g/mol. The summed E-state index contributed by atoms with van der Waals surface area (Å²) in [6.07, 6.45) is 0.858. The Balaban J connectivity index is 0.00000338. The first-order valence-electron chi connectivity index (χ1n) is 8.44. The Morgan fingerprint density at radius 3 is 2.54 bits per heavy atom. The third kappa shape index (κ3) is 7.20. The van der Waals surface area contributed by atoms with Crippen molar-refractivity contribution in [1.82, 2.24) is 15.6 Å². The maximum atomic E-state index is 5.40. The fourth-order valence-electron chi connectivity index (χ4n) is 2.15. The number of nitrogens with zero attached hydrogens (tertiary/aromatic N) is 2. The fraction of sp³-hybridized carbons (Fsp3) is 0.474. The molecule has 26 heavy (non-hydrogen) atoms. The molecule has 0 atom stereocenters. The first-order valence-corrected chi connectivity index (χ1v) is 9.32. The van der Waals surface area contributed by atoms with Crippen molar-refractivity contribution in [3.05, 3.63) is 40.9 Å². The van der Waals surface area contributed by atoms with Crippen molar-refractivity contribution in [2.24, 2.45) is 4.99 Å². The molecule has 0 radical (unpaired) electrons. The number of aromatic nitrogens is 1. The minimum Gasteiger partial charge on any atom is -0.377 e. The van der Waals surface area contributed by atoms with Gasteiger partial charge in [-0.05, 0) is 20.8 Å². The van der Waals surface area contributed by atoms with E-state index in [0.29, 0.717) is 6.54 Å². The van der Waals surface area contributed by atoms with E-state index in [0.717, 1.165) is 29.6 Å². The molecule has 2 aromatic rings. The van der Waals surface area contributed by atoms with Gasteiger partial charge in [-0.3, -0.25) is 4.99 Å². The molecule has 144 valence electrons. The summed E-state index contributed by atoms with van der Waals surface area (Å²) < 4.78 is 5.40. The number of nitrogens with one attached hydrogen (secondary N) is 2. The van der Waals surface area contributed by atoms with Gasteiger partial charge in [0.05, 0.1) is 11.3 Å². The summed E-state index contributed by atoms with van der Waals surface area (Å²) in [4.78, 5) is 8.97. The van der Waals surface area contributed by atoms with E-state index in [2.05, 4.69) is 52.2 Å². The molecule has 0 unspecified atom stereocenters. The van der Waals surface area contributed by atoms with Crippen LogP contribution in [-0.2, 0) is 11.2 Å². The standard InChI is InChI=1S/C19H28N4OS.HI/c1-14-6-8-15(9-7-14)17-23-16(12-25-17)10-11-21-18(20-4)22-13-19(2,3)24-5;/h6-9,12H,10-11,13H2,1-5H3,(H2,20,21,22);1H. The fourth-order valence-corrected chi connectivity index (χ4v) is 3.01. The number of benzene rings is 1. The normalized spacial score (nSPS) is 11.8. The minimum atomic E-state index is -0.227. The average Bonchev–Trinajstić information content (AvgIpc) is 3.07. The summed E-state index contributed by atoms with van der Waals surface area (Å²) in [6.45, 7) is 7.64. The first-order chi connectivity index (χ1) is 11.9. The van der Waals surface area contributed by atoms with Crippen molar-refractivity contribution in [1.29, 1.82) is 0 Å². The number of aryl methyl sites for hydroxylation is 1. The van der Waals surface area contributed by atoms with Crippen LogP contribution in [-0.4, -0.2) is 43.8 Å². The largest absolute Gasteiger partial charge is 0.377 e. The second-order valence-electron chi connectivity index (χ2n) is 6.58. The van der Waals surface area contributed by atoms with Crippen molar-refractivity contribution in [3.63, 3.8) is 0 Å². The van der Waals surface area contributed by atoms with E-state index in [1.54, 1.807) is 25.5 Å². The predicted octanol–water partition coefficient (Wildman–Crippen LogP) is 3.87. The molecule has 0 aliphatic rings. The molecular formula is C19H29IN4OS. The van der Waals surface area contributed by atoms with Crippen LogP contribution >= 0.6 is 35.3 Å². The Hall–Kier alpha value is -1.19. The van der Waals surface area contributed by atoms with Crippen LogP contribution in [0.4, 0.5) is 0 Å². The van der Waals surface area contributed by atoms with Crippen molar-refractivity contribution < 1.29 is 4.74 Å². The highest BCUT2D eigenvalue weighted by molar-refractivity contribution is 14.0. The Morgan fingerprint density at radius 1 is 1.23 bits per heavy atom. The van der Waals surface area contributed by atoms with Gasteiger partial charge >= 0.3 is 0 Å². The van der Waals surface area contributed by atoms with Gasteiger partial charge < -0.3 is 15.4 Å². The van der Waals surface area contributed by atoms with Crippen LogP contribution in [0, 0.1) is 6.92 Å². The molecule has 7 heteroatoms. The van der Waals surface area contributed by atoms with Gasteiger partial charge in [0.2, 0.25) is 0 Å². The molecule has 0 amide bonds. The molecule has 5 nitrogen and oxygen atoms in total. The number of rotatable bonds is 7. The van der Waals surface area contributed by atoms with Gasteiger partial charge in [-0.15, -0.1) is 35.3 Å². The van der Waals surface area contributed by atoms with Gasteiger partial charge in [-0.25, -0.2) is 4.98 Å². The van der Waals surface area contributed by atoms with Gasteiger partial charge in [-0.2, -0.15) is 0 Å². The lowest BCUT2D eigenvalue weighted by molar-refractivity contribution is 0.0268. The molecule has 0 spiro atoms. The molecule has 0 aliphatic carbocycles. The summed E-state index contributed by atoms with van der Waals surface area (Å²) in [5, 5.41) is 9.79. The van der Waals surface area contributed by atoms with Crippen molar-refractivity contribution in [2.45, 2.75) is 32.8 Å². The maximum Gasteiger partial charge on any atom is 0.191 e. The summed E-state index contributed by atoms with van der Waals surface area (Å²) in [6, 6.07) is 8.49. The lowest BCUT2D eigenvalue weighted by Crippen LogP contribution is -2.45. The molecule has 2 rings (SSSR count). The van der Waals surface area contributed by atoms with Crippen LogP contribution in [0.3, 0.4) is 0 Å². The van der Waals surface area contributed by atoms with E-state index in [1.807, 2.05) is 13.8 Å². The second kappa shape index (κ2) is 10.8. The predicted molar refractivity (Wildman–Crippen MR) is 122 cm³/mol. The van der Waals surface area contributed by atoms with E-state index in [9.17, 15) is 0 Å². The highest BCUT2D eigenvalue weighted by atomic mass is 127. The quantitative estimate of drug-likeness (QED) is 0.353. The first kappa shape index (κ1) is 22.9. The highest BCUT2D eigenvalue weighted by Crippen LogP contribution is 2.24. The zero-order valence-corrected chi connectivity index (χ0v) is 19.3. The van der Waals surface area contributed by atoms with Crippen LogP contribution in [0.25, 0.3) is 10.6 Å². The van der Waals surface area contributed by atoms with Crippen LogP contribution in [0.5, 0.6) is 0 Å². The zero-order valence-electron chi connectivity index (χ0n) is 16.1. The van der Waals surface area contributed by atoms with E-state index in [1.165, 1.54) is 11.1 Å². The lowest BCUT2D eigenvalue weighted by Gasteiger charge is -2.24. The number of halogens is 1. The number of methoxy groups -OCH3 is 1. The van der Waals surface area contributed by atoms with Crippen LogP contribution in [0.1, 0.15) is 25.1 Å². The summed E-state index contributed by atoms with van der Waals surface area (Å²) in [5.41, 5.74) is 3.31. The van der Waals surface area contributed by atoms with E-state index in [-0.39, 0.29) is 29.6 Å². The molecule has 0 saturated heterocycles. The van der Waals surface area contributed by atoms with E-state index < -0.39 is 0 Å². The maximum absolute atomic E-state index is 5.40. The molecule has 1 heterocycles. The van der Waals surface area contributed by atoms with Crippen LogP contribution in [0.2, 0.25) is 0 Å². The van der Waals surface area contributed by atoms with Gasteiger partial charge in [-0.1, -0.05) is 29.8 Å². The smallest absolute Gasteiger partial charge is 0.191 e. The molecule has 0 saturated carbocycles. The topological polar surface area (TPSA) is 58.5 Å². The number of aliphatic imine (C=N–C) groups is 1. The van der Waals surface area contributed by atoms with E-state index >= 15 is 0 Å². The minimum absolute atomic E-state index is 0. The number of hydrogen-bond acceptors (Lipinski definition) is 4. The summed E-state index contributed by atoms with van der Waals surface area (Å²) in [7, 11) is 3.49. The van der Waals surface area contributed by atoms with Crippen LogP contribution in [0.15, 0.2) is 34.6 Å². The molecule has 1 aromatic heterocycles. The SMILES string of the molecule is CN=C(NCCc1csc(-c2ccc(C)cc2)n1)NCC(C)(C)OC.I. The molecule has 0 fully saturated rings. The van der Waals surface area contributed by atoms with Gasteiger partial charge in [0.1, 0.15) is 5.01 Å². The zero-order chi connectivity index (χ0) is 18.3. The number of thiazole rings is 1. The Morgan fingerprint density at radius 2 is 1.92 bits per heavy atom. The Bertz CT molecular complexity index is 698. The number of guanidine groups is 1. The lowest BCUT2D eigenvalue weighted by atomic mass is 10.1. The third-order valence-electron chi connectivity index (χ3n) is 3.98. The van der Waals surface area contributed by atoms with Crippen molar-refractivity contribution >= 4 is 41.3 Å². The highest BCUT2D eigenvalue weighted by Gasteiger charge is 2.16. The van der Waals surface area contributed by atoms with Gasteiger partial charge in [0.15, 0.2) is 5.96 Å². The molecule has 2 N–H and O–H groups in total. The third-order valence-corrected chi connectivity index (χ3v) is 4.92. The molecule has 1 aromatic carbocycles. The Labute approximate surface area is 177 Å². The van der Waals surface area contributed by atoms with Crippen molar-refractivity contribution in [2.75, 3.05) is 27.2 Å². The second-order valence-corrected chi connectivity index (χ2v) is 7.43. The van der Waals surface area contributed by atoms with Crippen LogP contribution < -0.4 is 10.6 Å². The van der Waals surface area contributed by atoms with Gasteiger partial charge in [0.25, 0.3) is 0 Å². The summed E-state index contributed by atoms with van der Waals surface area (Å²) >= 11 is 1.69.